The average molecular weight is 402 g/mol. The maximum atomic E-state index is 12.8. The number of carbonyl (C=O) groups is 4. The van der Waals surface area contributed by atoms with Crippen LogP contribution in [-0.4, -0.2) is 34.1 Å². The van der Waals surface area contributed by atoms with Crippen LogP contribution in [0.25, 0.3) is 0 Å². The summed E-state index contributed by atoms with van der Waals surface area (Å²) in [6.45, 7) is 1.46. The molecule has 3 aromatic rings. The zero-order valence-electron chi connectivity index (χ0n) is 16.3. The van der Waals surface area contributed by atoms with E-state index < -0.39 is 18.0 Å². The summed E-state index contributed by atoms with van der Waals surface area (Å²) in [6, 6.07) is 14.5. The van der Waals surface area contributed by atoms with E-state index in [9.17, 15) is 19.2 Å². The first kappa shape index (κ1) is 19.3. The molecular formula is C23H18N2O5. The Bertz CT molecular complexity index is 1210. The molecular weight excluding hydrogens is 384 g/mol. The van der Waals surface area contributed by atoms with E-state index in [2.05, 4.69) is 5.32 Å². The SMILES string of the molecule is C[C@@H](OC(=O)c1cccn1C)C(=O)Nc1ccc2c(c1)C(=O)c1ccccc1C2=O. The lowest BCUT2D eigenvalue weighted by atomic mass is 9.84. The van der Waals surface area contributed by atoms with Gasteiger partial charge in [0.05, 0.1) is 0 Å². The Kier molecular flexibility index (Phi) is 4.79. The Labute approximate surface area is 172 Å². The van der Waals surface area contributed by atoms with Crippen molar-refractivity contribution in [2.24, 2.45) is 7.05 Å². The lowest BCUT2D eigenvalue weighted by molar-refractivity contribution is -0.123. The minimum Gasteiger partial charge on any atom is -0.448 e. The number of benzene rings is 2. The van der Waals surface area contributed by atoms with Gasteiger partial charge >= 0.3 is 5.97 Å². The van der Waals surface area contributed by atoms with Gasteiger partial charge < -0.3 is 14.6 Å². The Morgan fingerprint density at radius 1 is 0.900 bits per heavy atom. The number of ketones is 2. The van der Waals surface area contributed by atoms with Gasteiger partial charge in [0.1, 0.15) is 5.69 Å². The maximum Gasteiger partial charge on any atom is 0.355 e. The summed E-state index contributed by atoms with van der Waals surface area (Å²) in [5.74, 6) is -1.68. The van der Waals surface area contributed by atoms with Crippen LogP contribution >= 0.6 is 0 Å². The predicted octanol–water partition coefficient (Wildman–Crippen LogP) is 2.98. The largest absolute Gasteiger partial charge is 0.448 e. The van der Waals surface area contributed by atoms with E-state index in [1.807, 2.05) is 0 Å². The number of rotatable bonds is 4. The number of nitrogens with one attached hydrogen (secondary N) is 1. The predicted molar refractivity (Wildman–Crippen MR) is 109 cm³/mol. The fraction of sp³-hybridized carbons (Fsp3) is 0.130. The van der Waals surface area contributed by atoms with Gasteiger partial charge in [0.2, 0.25) is 0 Å². The Morgan fingerprint density at radius 3 is 2.17 bits per heavy atom. The van der Waals surface area contributed by atoms with E-state index in [-0.39, 0.29) is 17.1 Å². The molecule has 0 fully saturated rings. The number of aromatic nitrogens is 1. The quantitative estimate of drug-likeness (QED) is 0.530. The van der Waals surface area contributed by atoms with E-state index in [1.54, 1.807) is 60.3 Å². The van der Waals surface area contributed by atoms with E-state index in [4.69, 9.17) is 4.74 Å². The summed E-state index contributed by atoms with van der Waals surface area (Å²) in [5.41, 5.74) is 1.88. The van der Waals surface area contributed by atoms with E-state index >= 15 is 0 Å². The van der Waals surface area contributed by atoms with Crippen molar-refractivity contribution in [2.45, 2.75) is 13.0 Å². The number of hydrogen-bond donors (Lipinski definition) is 1. The van der Waals surface area contributed by atoms with Crippen molar-refractivity contribution in [1.82, 2.24) is 4.57 Å². The Hall–Kier alpha value is -4.00. The molecule has 1 heterocycles. The van der Waals surface area contributed by atoms with E-state index in [1.165, 1.54) is 19.1 Å². The summed E-state index contributed by atoms with van der Waals surface area (Å²) in [4.78, 5) is 50.1. The van der Waals surface area contributed by atoms with Gasteiger partial charge in [0.15, 0.2) is 17.7 Å². The first-order valence-electron chi connectivity index (χ1n) is 9.32. The molecule has 7 nitrogen and oxygen atoms in total. The number of ether oxygens (including phenoxy) is 1. The molecule has 4 rings (SSSR count). The van der Waals surface area contributed by atoms with Crippen LogP contribution in [0.3, 0.4) is 0 Å². The lowest BCUT2D eigenvalue weighted by Crippen LogP contribution is -2.30. The Morgan fingerprint density at radius 2 is 1.53 bits per heavy atom. The first-order valence-corrected chi connectivity index (χ1v) is 9.32. The monoisotopic (exact) mass is 402 g/mol. The van der Waals surface area contributed by atoms with Gasteiger partial charge in [-0.1, -0.05) is 24.3 Å². The minimum absolute atomic E-state index is 0.227. The second-order valence-electron chi connectivity index (χ2n) is 7.01. The number of anilines is 1. The molecule has 0 bridgehead atoms. The summed E-state index contributed by atoms with van der Waals surface area (Å²) in [7, 11) is 1.70. The molecule has 1 atom stereocenters. The van der Waals surface area contributed by atoms with Crippen LogP contribution in [0.2, 0.25) is 0 Å². The summed E-state index contributed by atoms with van der Waals surface area (Å²) in [5, 5.41) is 2.63. The van der Waals surface area contributed by atoms with Gasteiger partial charge in [-0.15, -0.1) is 0 Å². The van der Waals surface area contributed by atoms with Crippen LogP contribution in [0.5, 0.6) is 0 Å². The third-order valence-corrected chi connectivity index (χ3v) is 5.00. The molecule has 0 aliphatic heterocycles. The number of fused-ring (bicyclic) bond motifs is 2. The van der Waals surface area contributed by atoms with Crippen LogP contribution in [0.1, 0.15) is 49.3 Å². The Balaban J connectivity index is 1.51. The average Bonchev–Trinajstić information content (AvgIpc) is 3.18. The number of nitrogens with zero attached hydrogens (tertiary/aromatic N) is 1. The molecule has 150 valence electrons. The van der Waals surface area contributed by atoms with Crippen molar-refractivity contribution >= 4 is 29.1 Å². The smallest absolute Gasteiger partial charge is 0.355 e. The molecule has 30 heavy (non-hydrogen) atoms. The topological polar surface area (TPSA) is 94.5 Å². The number of carbonyl (C=O) groups excluding carboxylic acids is 4. The standard InChI is InChI=1S/C23H18N2O5/c1-13(30-23(29)19-8-5-11-25(19)2)22(28)24-14-9-10-17-18(12-14)21(27)16-7-4-3-6-15(16)20(17)26/h3-13H,1-2H3,(H,24,28)/t13-/m1/s1. The molecule has 1 aromatic heterocycles. The molecule has 1 aliphatic rings. The second-order valence-corrected chi connectivity index (χ2v) is 7.01. The first-order chi connectivity index (χ1) is 14.4. The number of amides is 1. The highest BCUT2D eigenvalue weighted by atomic mass is 16.5. The van der Waals surface area contributed by atoms with Crippen molar-refractivity contribution in [3.8, 4) is 0 Å². The molecule has 0 saturated carbocycles. The fourth-order valence-corrected chi connectivity index (χ4v) is 3.37. The van der Waals surface area contributed by atoms with Crippen molar-refractivity contribution in [2.75, 3.05) is 5.32 Å². The van der Waals surface area contributed by atoms with Crippen LogP contribution < -0.4 is 5.32 Å². The fourth-order valence-electron chi connectivity index (χ4n) is 3.37. The lowest BCUT2D eigenvalue weighted by Gasteiger charge is -2.19. The number of hydrogen-bond acceptors (Lipinski definition) is 5. The van der Waals surface area contributed by atoms with Crippen molar-refractivity contribution in [3.05, 3.63) is 88.7 Å². The molecule has 2 aromatic carbocycles. The molecule has 1 N–H and O–H groups in total. The highest BCUT2D eigenvalue weighted by Gasteiger charge is 2.29. The van der Waals surface area contributed by atoms with Crippen LogP contribution in [0, 0.1) is 0 Å². The molecule has 0 saturated heterocycles. The van der Waals surface area contributed by atoms with Gasteiger partial charge in [-0.25, -0.2) is 4.79 Å². The van der Waals surface area contributed by atoms with Gasteiger partial charge in [-0.2, -0.15) is 0 Å². The highest BCUT2D eigenvalue weighted by Crippen LogP contribution is 2.29. The van der Waals surface area contributed by atoms with Gasteiger partial charge in [-0.05, 0) is 37.3 Å². The molecule has 0 unspecified atom stereocenters. The third kappa shape index (κ3) is 3.30. The second kappa shape index (κ2) is 7.44. The van der Waals surface area contributed by atoms with Crippen LogP contribution in [0.4, 0.5) is 5.69 Å². The normalized spacial score (nSPS) is 13.3. The minimum atomic E-state index is -1.05. The van der Waals surface area contributed by atoms with Crippen molar-refractivity contribution < 1.29 is 23.9 Å². The molecule has 1 amide bonds. The zero-order valence-corrected chi connectivity index (χ0v) is 16.3. The molecule has 7 heteroatoms. The number of aryl methyl sites for hydroxylation is 1. The zero-order chi connectivity index (χ0) is 21.4. The van der Waals surface area contributed by atoms with Crippen LogP contribution in [-0.2, 0) is 16.6 Å². The van der Waals surface area contributed by atoms with E-state index in [0.29, 0.717) is 28.1 Å². The van der Waals surface area contributed by atoms with E-state index in [0.717, 1.165) is 0 Å². The molecule has 0 radical (unpaired) electrons. The summed E-state index contributed by atoms with van der Waals surface area (Å²) in [6.07, 6.45) is 0.645. The van der Waals surface area contributed by atoms with Gasteiger partial charge in [0.25, 0.3) is 5.91 Å². The van der Waals surface area contributed by atoms with Crippen LogP contribution in [0.15, 0.2) is 60.8 Å². The van der Waals surface area contributed by atoms with Gasteiger partial charge in [-0.3, -0.25) is 14.4 Å². The molecule has 1 aliphatic carbocycles. The third-order valence-electron chi connectivity index (χ3n) is 5.00. The summed E-state index contributed by atoms with van der Waals surface area (Å²) < 4.78 is 6.81. The summed E-state index contributed by atoms with van der Waals surface area (Å²) >= 11 is 0. The van der Waals surface area contributed by atoms with Crippen molar-refractivity contribution in [1.29, 1.82) is 0 Å². The van der Waals surface area contributed by atoms with Crippen molar-refractivity contribution in [3.63, 3.8) is 0 Å². The maximum absolute atomic E-state index is 12.8. The highest BCUT2D eigenvalue weighted by molar-refractivity contribution is 6.28. The van der Waals surface area contributed by atoms with Gasteiger partial charge in [0, 0.05) is 41.2 Å². The number of esters is 1. The molecule has 0 spiro atoms.